The number of aliphatic hydroxyl groups is 1. The number of aromatic nitrogens is 1. The van der Waals surface area contributed by atoms with Crippen LogP contribution in [0.3, 0.4) is 0 Å². The van der Waals surface area contributed by atoms with Gasteiger partial charge in [0.2, 0.25) is 0 Å². The molecular formula is C22H20FNO4S. The number of fused-ring (bicyclic) bond motifs is 1. The van der Waals surface area contributed by atoms with Gasteiger partial charge in [-0.2, -0.15) is 0 Å². The molecule has 1 heterocycles. The van der Waals surface area contributed by atoms with Crippen LogP contribution in [0.15, 0.2) is 83.8 Å². The molecule has 0 saturated heterocycles. The van der Waals surface area contributed by atoms with E-state index in [9.17, 15) is 17.6 Å². The van der Waals surface area contributed by atoms with E-state index in [0.717, 1.165) is 0 Å². The zero-order valence-corrected chi connectivity index (χ0v) is 16.7. The Bertz CT molecular complexity index is 1200. The van der Waals surface area contributed by atoms with Crippen LogP contribution in [0, 0.1) is 12.7 Å². The molecule has 1 aromatic heterocycles. The first kappa shape index (κ1) is 20.7. The van der Waals surface area contributed by atoms with Crippen LogP contribution in [-0.4, -0.2) is 28.9 Å². The van der Waals surface area contributed by atoms with E-state index in [-0.39, 0.29) is 16.5 Å². The van der Waals surface area contributed by atoms with Crippen LogP contribution in [0.25, 0.3) is 10.9 Å². The van der Waals surface area contributed by atoms with Gasteiger partial charge in [-0.3, -0.25) is 4.79 Å². The van der Waals surface area contributed by atoms with Gasteiger partial charge in [-0.25, -0.2) is 16.8 Å². The Hall–Kier alpha value is -3.03. The molecule has 0 aliphatic heterocycles. The number of hydrogen-bond acceptors (Lipinski definition) is 4. The van der Waals surface area contributed by atoms with Gasteiger partial charge in [-0.05, 0) is 74.5 Å². The highest BCUT2D eigenvalue weighted by Gasteiger charge is 2.21. The minimum atomic E-state index is -3.67. The van der Waals surface area contributed by atoms with E-state index in [1.165, 1.54) is 46.5 Å². The average molecular weight is 413 g/mol. The molecule has 1 aliphatic rings. The summed E-state index contributed by atoms with van der Waals surface area (Å²) in [4.78, 5) is 10.7. The fraction of sp³-hybridized carbons (Fsp3) is 0.136. The predicted octanol–water partition coefficient (Wildman–Crippen LogP) is 3.76. The number of nitrogens with zero attached hydrogens (tertiary/aromatic N) is 1. The van der Waals surface area contributed by atoms with E-state index in [0.29, 0.717) is 16.6 Å². The highest BCUT2D eigenvalue weighted by atomic mass is 32.2. The molecule has 3 aromatic rings. The summed E-state index contributed by atoms with van der Waals surface area (Å²) in [6.45, 7) is 3.31. The molecule has 0 spiro atoms. The Balaban J connectivity index is 0.000000224. The Kier molecular flexibility index (Phi) is 5.55. The van der Waals surface area contributed by atoms with E-state index < -0.39 is 15.6 Å². The van der Waals surface area contributed by atoms with Crippen LogP contribution >= 0.6 is 0 Å². The normalized spacial score (nSPS) is 15.2. The van der Waals surface area contributed by atoms with Gasteiger partial charge in [0.15, 0.2) is 5.78 Å². The molecule has 0 bridgehead atoms. The van der Waals surface area contributed by atoms with Crippen molar-refractivity contribution in [2.24, 2.45) is 0 Å². The topological polar surface area (TPSA) is 76.4 Å². The van der Waals surface area contributed by atoms with Crippen molar-refractivity contribution in [3.63, 3.8) is 0 Å². The van der Waals surface area contributed by atoms with Crippen LogP contribution in [0.2, 0.25) is 0 Å². The lowest BCUT2D eigenvalue weighted by molar-refractivity contribution is -0.110. The summed E-state index contributed by atoms with van der Waals surface area (Å²) in [6, 6.07) is 13.9. The second-order valence-electron chi connectivity index (χ2n) is 6.87. The fourth-order valence-corrected chi connectivity index (χ4v) is 4.50. The number of carbonyl (C=O) groups is 1. The summed E-state index contributed by atoms with van der Waals surface area (Å²) in [5.41, 5.74) is 0.107. The maximum atomic E-state index is 13.2. The quantitative estimate of drug-likeness (QED) is 0.694. The van der Waals surface area contributed by atoms with Crippen molar-refractivity contribution in [3.8, 4) is 0 Å². The summed E-state index contributed by atoms with van der Waals surface area (Å²) in [7, 11) is -3.67. The van der Waals surface area contributed by atoms with Gasteiger partial charge in [0.05, 0.1) is 16.0 Å². The molecule has 7 heteroatoms. The second kappa shape index (κ2) is 7.77. The van der Waals surface area contributed by atoms with E-state index in [2.05, 4.69) is 0 Å². The summed E-state index contributed by atoms with van der Waals surface area (Å²) in [5, 5.41) is 9.74. The minimum Gasteiger partial charge on any atom is -0.382 e. The standard InChI is InChI=1S/C15H12FNO2S.C7H8O2/c1-11-9-12-10-13(16)7-8-15(12)17(11)20(18,19)14-5-3-2-4-6-14;1-7(9)4-2-6(8)3-5-7/h2-10H,1H3;2-5,9H,1H3. The first-order valence-corrected chi connectivity index (χ1v) is 10.3. The molecule has 0 radical (unpaired) electrons. The van der Waals surface area contributed by atoms with Crippen LogP contribution in [0.5, 0.6) is 0 Å². The van der Waals surface area contributed by atoms with Gasteiger partial charge in [0.25, 0.3) is 10.0 Å². The summed E-state index contributed by atoms with van der Waals surface area (Å²) in [6.07, 6.45) is 5.66. The van der Waals surface area contributed by atoms with Crippen molar-refractivity contribution in [1.82, 2.24) is 3.97 Å². The molecule has 0 atom stereocenters. The van der Waals surface area contributed by atoms with Crippen LogP contribution in [0.1, 0.15) is 12.6 Å². The number of hydrogen-bond donors (Lipinski definition) is 1. The van der Waals surface area contributed by atoms with Gasteiger partial charge in [-0.1, -0.05) is 18.2 Å². The molecule has 5 nitrogen and oxygen atoms in total. The Morgan fingerprint density at radius 1 is 1.00 bits per heavy atom. The molecule has 0 saturated carbocycles. The minimum absolute atomic E-state index is 0.0680. The fourth-order valence-electron chi connectivity index (χ4n) is 2.93. The predicted molar refractivity (Wildman–Crippen MR) is 110 cm³/mol. The third-order valence-electron chi connectivity index (χ3n) is 4.34. The van der Waals surface area contributed by atoms with Crippen molar-refractivity contribution in [3.05, 3.63) is 90.4 Å². The van der Waals surface area contributed by atoms with Crippen LogP contribution in [-0.2, 0) is 14.8 Å². The third-order valence-corrected chi connectivity index (χ3v) is 6.18. The van der Waals surface area contributed by atoms with Gasteiger partial charge in [-0.15, -0.1) is 0 Å². The van der Waals surface area contributed by atoms with E-state index in [1.54, 1.807) is 50.2 Å². The van der Waals surface area contributed by atoms with Crippen molar-refractivity contribution >= 4 is 26.7 Å². The smallest absolute Gasteiger partial charge is 0.268 e. The Labute approximate surface area is 168 Å². The number of aryl methyl sites for hydroxylation is 1. The maximum Gasteiger partial charge on any atom is 0.268 e. The Morgan fingerprint density at radius 2 is 1.62 bits per heavy atom. The molecule has 0 amide bonds. The van der Waals surface area contributed by atoms with Crippen LogP contribution in [0.4, 0.5) is 4.39 Å². The number of rotatable bonds is 2. The lowest BCUT2D eigenvalue weighted by atomic mass is 10.0. The molecule has 4 rings (SSSR count). The van der Waals surface area contributed by atoms with Crippen molar-refractivity contribution < 1.29 is 22.7 Å². The number of carbonyl (C=O) groups excluding carboxylic acids is 1. The molecule has 29 heavy (non-hydrogen) atoms. The zero-order chi connectivity index (χ0) is 21.2. The number of halogens is 1. The molecule has 1 aliphatic carbocycles. The monoisotopic (exact) mass is 413 g/mol. The summed E-state index contributed by atoms with van der Waals surface area (Å²) < 4.78 is 39.9. The van der Waals surface area contributed by atoms with Gasteiger partial charge in [0.1, 0.15) is 5.82 Å². The third kappa shape index (κ3) is 4.52. The first-order valence-electron chi connectivity index (χ1n) is 8.83. The Morgan fingerprint density at radius 3 is 2.21 bits per heavy atom. The van der Waals surface area contributed by atoms with Gasteiger partial charge >= 0.3 is 0 Å². The second-order valence-corrected chi connectivity index (χ2v) is 8.65. The van der Waals surface area contributed by atoms with Crippen molar-refractivity contribution in [1.29, 1.82) is 0 Å². The SMILES string of the molecule is CC1(O)C=CC(=O)C=C1.Cc1cc2cc(F)ccc2n1S(=O)(=O)c1ccccc1. The molecule has 1 N–H and O–H groups in total. The van der Waals surface area contributed by atoms with Crippen LogP contribution < -0.4 is 0 Å². The highest BCUT2D eigenvalue weighted by molar-refractivity contribution is 7.90. The number of allylic oxidation sites excluding steroid dienone is 2. The molecule has 150 valence electrons. The molecule has 2 aromatic carbocycles. The molecule has 0 unspecified atom stereocenters. The lowest BCUT2D eigenvalue weighted by Crippen LogP contribution is -2.20. The first-order chi connectivity index (χ1) is 13.6. The van der Waals surface area contributed by atoms with Gasteiger partial charge in [0, 0.05) is 11.1 Å². The molecular weight excluding hydrogens is 393 g/mol. The summed E-state index contributed by atoms with van der Waals surface area (Å²) >= 11 is 0. The van der Waals surface area contributed by atoms with Gasteiger partial charge < -0.3 is 5.11 Å². The largest absolute Gasteiger partial charge is 0.382 e. The number of benzene rings is 2. The van der Waals surface area contributed by atoms with Crippen molar-refractivity contribution in [2.75, 3.05) is 0 Å². The average Bonchev–Trinajstić information content (AvgIpc) is 3.01. The van der Waals surface area contributed by atoms with E-state index >= 15 is 0 Å². The maximum absolute atomic E-state index is 13.2. The molecule has 0 fully saturated rings. The van der Waals surface area contributed by atoms with E-state index in [1.807, 2.05) is 0 Å². The number of ketones is 1. The van der Waals surface area contributed by atoms with E-state index in [4.69, 9.17) is 5.11 Å². The lowest BCUT2D eigenvalue weighted by Gasteiger charge is -2.14. The zero-order valence-electron chi connectivity index (χ0n) is 15.9. The van der Waals surface area contributed by atoms with Crippen molar-refractivity contribution in [2.45, 2.75) is 24.3 Å². The highest BCUT2D eigenvalue weighted by Crippen LogP contribution is 2.25. The summed E-state index contributed by atoms with van der Waals surface area (Å²) in [5.74, 6) is -0.451.